The van der Waals surface area contributed by atoms with Crippen molar-refractivity contribution >= 4 is 28.0 Å². The predicted molar refractivity (Wildman–Crippen MR) is 133 cm³/mol. The molecule has 176 valence electrons. The number of nitrogens with zero attached hydrogens (tertiary/aromatic N) is 2. The molecule has 2 aromatic rings. The Kier molecular flexibility index (Phi) is 7.55. The van der Waals surface area contributed by atoms with E-state index in [9.17, 15) is 9.00 Å². The van der Waals surface area contributed by atoms with Crippen molar-refractivity contribution in [1.29, 1.82) is 5.26 Å². The number of nitriles is 1. The largest absolute Gasteiger partial charge is 0.326 e. The number of anilines is 1. The van der Waals surface area contributed by atoms with Crippen LogP contribution in [-0.4, -0.2) is 38.6 Å². The molecular formula is C25H33N5O2S. The minimum Gasteiger partial charge on any atom is -0.326 e. The molecule has 1 aromatic heterocycles. The molecule has 0 fully saturated rings. The third-order valence-corrected chi connectivity index (χ3v) is 6.95. The summed E-state index contributed by atoms with van der Waals surface area (Å²) in [6.45, 7) is 9.41. The van der Waals surface area contributed by atoms with Gasteiger partial charge in [-0.3, -0.25) is 9.00 Å². The summed E-state index contributed by atoms with van der Waals surface area (Å²) >= 11 is 0. The first kappa shape index (κ1) is 24.9. The maximum absolute atomic E-state index is 12.8. The molecule has 7 nitrogen and oxygen atoms in total. The van der Waals surface area contributed by atoms with E-state index >= 15 is 0 Å². The standard InChI is InChI=1S/C25H33N5O2S/c1-24(2)10-8-17(9-11-24)20-14-18(25(3,4)28-12-13-33(5)32)6-7-21(20)30-23(31)22-27-16-19(15-26)29-22/h6-8,14,16,28H,9-13H2,1-5H3,(H,27,29)(H,30,31). The molecule has 3 N–H and O–H groups in total. The molecule has 1 aliphatic rings. The van der Waals surface area contributed by atoms with Gasteiger partial charge in [0.15, 0.2) is 5.82 Å². The first-order valence-electron chi connectivity index (χ1n) is 11.2. The second-order valence-electron chi connectivity index (χ2n) is 9.90. The maximum Gasteiger partial charge on any atom is 0.291 e. The fourth-order valence-corrected chi connectivity index (χ4v) is 4.30. The van der Waals surface area contributed by atoms with Gasteiger partial charge in [-0.2, -0.15) is 5.26 Å². The number of carbonyl (C=O) groups excluding carboxylic acids is 1. The Balaban J connectivity index is 1.93. The second-order valence-corrected chi connectivity index (χ2v) is 11.5. The van der Waals surface area contributed by atoms with E-state index in [1.54, 1.807) is 6.26 Å². The summed E-state index contributed by atoms with van der Waals surface area (Å²) in [5.41, 5.74) is 4.21. The van der Waals surface area contributed by atoms with E-state index in [1.165, 1.54) is 11.8 Å². The number of aromatic amines is 1. The van der Waals surface area contributed by atoms with Crippen molar-refractivity contribution < 1.29 is 9.00 Å². The van der Waals surface area contributed by atoms with Crippen LogP contribution in [0.3, 0.4) is 0 Å². The highest BCUT2D eigenvalue weighted by Crippen LogP contribution is 2.41. The summed E-state index contributed by atoms with van der Waals surface area (Å²) < 4.78 is 11.5. The zero-order valence-electron chi connectivity index (χ0n) is 20.0. The van der Waals surface area contributed by atoms with E-state index in [0.717, 1.165) is 36.1 Å². The molecule has 0 radical (unpaired) electrons. The van der Waals surface area contributed by atoms with E-state index in [-0.39, 0.29) is 28.4 Å². The lowest BCUT2D eigenvalue weighted by Gasteiger charge is -2.31. The Hall–Kier alpha value is -2.76. The highest BCUT2D eigenvalue weighted by atomic mass is 32.2. The fraction of sp³-hybridized carbons (Fsp3) is 0.480. The van der Waals surface area contributed by atoms with Crippen molar-refractivity contribution in [3.05, 3.63) is 53.1 Å². The summed E-state index contributed by atoms with van der Waals surface area (Å²) in [6, 6.07) is 8.02. The van der Waals surface area contributed by atoms with Gasteiger partial charge in [0.1, 0.15) is 11.8 Å². The van der Waals surface area contributed by atoms with Crippen molar-refractivity contribution in [2.24, 2.45) is 5.41 Å². The number of carbonyl (C=O) groups is 1. The van der Waals surface area contributed by atoms with E-state index in [0.29, 0.717) is 12.3 Å². The number of benzene rings is 1. The minimum atomic E-state index is -0.848. The third kappa shape index (κ3) is 6.40. The van der Waals surface area contributed by atoms with Gasteiger partial charge in [0.2, 0.25) is 0 Å². The van der Waals surface area contributed by atoms with Crippen LogP contribution in [0.5, 0.6) is 0 Å². The molecule has 33 heavy (non-hydrogen) atoms. The Morgan fingerprint density at radius 2 is 2.12 bits per heavy atom. The molecule has 1 aromatic carbocycles. The van der Waals surface area contributed by atoms with Gasteiger partial charge in [-0.15, -0.1) is 0 Å². The molecule has 3 rings (SSSR count). The molecule has 8 heteroatoms. The van der Waals surface area contributed by atoms with Gasteiger partial charge < -0.3 is 15.6 Å². The van der Waals surface area contributed by atoms with Crippen molar-refractivity contribution in [3.63, 3.8) is 0 Å². The average Bonchev–Trinajstić information content (AvgIpc) is 3.23. The molecule has 1 amide bonds. The molecule has 1 atom stereocenters. The Labute approximate surface area is 198 Å². The van der Waals surface area contributed by atoms with Crippen molar-refractivity contribution in [2.75, 3.05) is 23.9 Å². The highest BCUT2D eigenvalue weighted by molar-refractivity contribution is 7.84. The summed E-state index contributed by atoms with van der Waals surface area (Å²) in [4.78, 5) is 19.5. The second kappa shape index (κ2) is 10.0. The summed E-state index contributed by atoms with van der Waals surface area (Å²) in [5.74, 6) is 0.318. The zero-order valence-corrected chi connectivity index (χ0v) is 20.9. The minimum absolute atomic E-state index is 0.106. The maximum atomic E-state index is 12.8. The van der Waals surface area contributed by atoms with Gasteiger partial charge in [-0.25, -0.2) is 4.98 Å². The van der Waals surface area contributed by atoms with Gasteiger partial charge in [-0.05, 0) is 61.8 Å². The molecule has 0 saturated carbocycles. The number of allylic oxidation sites excluding steroid dienone is 2. The quantitative estimate of drug-likeness (QED) is 0.535. The smallest absolute Gasteiger partial charge is 0.291 e. The van der Waals surface area contributed by atoms with Crippen LogP contribution in [0.15, 0.2) is 30.5 Å². The normalized spacial score (nSPS) is 16.5. The van der Waals surface area contributed by atoms with Crippen LogP contribution < -0.4 is 10.6 Å². The zero-order chi connectivity index (χ0) is 24.2. The summed E-state index contributed by atoms with van der Waals surface area (Å²) in [6.07, 6.45) is 8.32. The van der Waals surface area contributed by atoms with Gasteiger partial charge in [-0.1, -0.05) is 26.0 Å². The number of hydrogen-bond acceptors (Lipinski definition) is 5. The van der Waals surface area contributed by atoms with E-state index in [2.05, 4.69) is 60.4 Å². The van der Waals surface area contributed by atoms with Crippen LogP contribution in [-0.2, 0) is 16.3 Å². The van der Waals surface area contributed by atoms with Crippen LogP contribution in [0.4, 0.5) is 5.69 Å². The van der Waals surface area contributed by atoms with Crippen LogP contribution in [0, 0.1) is 16.7 Å². The van der Waals surface area contributed by atoms with Crippen molar-refractivity contribution in [2.45, 2.75) is 52.5 Å². The van der Waals surface area contributed by atoms with Crippen LogP contribution in [0.2, 0.25) is 0 Å². The first-order chi connectivity index (χ1) is 15.5. The van der Waals surface area contributed by atoms with Crippen molar-refractivity contribution in [3.8, 4) is 6.07 Å². The van der Waals surface area contributed by atoms with Gasteiger partial charge >= 0.3 is 0 Å². The van der Waals surface area contributed by atoms with E-state index in [1.807, 2.05) is 18.2 Å². The van der Waals surface area contributed by atoms with E-state index < -0.39 is 10.8 Å². The summed E-state index contributed by atoms with van der Waals surface area (Å²) in [5, 5.41) is 15.5. The van der Waals surface area contributed by atoms with Gasteiger partial charge in [0.25, 0.3) is 5.91 Å². The lowest BCUT2D eigenvalue weighted by molar-refractivity contribution is 0.101. The number of nitrogens with one attached hydrogen (secondary N) is 3. The molecule has 0 spiro atoms. The lowest BCUT2D eigenvalue weighted by Crippen LogP contribution is -2.38. The number of amides is 1. The number of aromatic nitrogens is 2. The number of rotatable bonds is 8. The third-order valence-electron chi connectivity index (χ3n) is 6.18. The Morgan fingerprint density at radius 3 is 2.73 bits per heavy atom. The molecule has 0 saturated heterocycles. The van der Waals surface area contributed by atoms with Gasteiger partial charge in [0.05, 0.1) is 6.20 Å². The number of H-pyrrole nitrogens is 1. The van der Waals surface area contributed by atoms with Crippen LogP contribution >= 0.6 is 0 Å². The van der Waals surface area contributed by atoms with Crippen LogP contribution in [0.25, 0.3) is 5.57 Å². The monoisotopic (exact) mass is 467 g/mol. The van der Waals surface area contributed by atoms with E-state index in [4.69, 9.17) is 5.26 Å². The highest BCUT2D eigenvalue weighted by Gasteiger charge is 2.26. The molecule has 1 heterocycles. The molecular weight excluding hydrogens is 434 g/mol. The molecule has 1 aliphatic carbocycles. The SMILES string of the molecule is CS(=O)CCNC(C)(C)c1ccc(NC(=O)c2ncc(C#N)[nH]2)c(C2=CCC(C)(C)CC2)c1. The summed E-state index contributed by atoms with van der Waals surface area (Å²) in [7, 11) is -0.848. The molecule has 1 unspecified atom stereocenters. The number of hydrogen-bond donors (Lipinski definition) is 3. The fourth-order valence-electron chi connectivity index (χ4n) is 3.91. The van der Waals surface area contributed by atoms with Crippen molar-refractivity contribution in [1.82, 2.24) is 15.3 Å². The molecule has 0 bridgehead atoms. The average molecular weight is 468 g/mol. The Bertz CT molecular complexity index is 1120. The first-order valence-corrected chi connectivity index (χ1v) is 12.9. The lowest BCUT2D eigenvalue weighted by atomic mass is 9.76. The topological polar surface area (TPSA) is 111 Å². The molecule has 0 aliphatic heterocycles. The van der Waals surface area contributed by atoms with Gasteiger partial charge in [0, 0.05) is 46.1 Å². The predicted octanol–water partition coefficient (Wildman–Crippen LogP) is 4.33. The Morgan fingerprint density at radius 1 is 1.36 bits per heavy atom. The van der Waals surface area contributed by atoms with Crippen LogP contribution in [0.1, 0.15) is 74.4 Å². The number of imidazole rings is 1.